The summed E-state index contributed by atoms with van der Waals surface area (Å²) in [6.07, 6.45) is 5.03. The van der Waals surface area contributed by atoms with E-state index >= 15 is 0 Å². The van der Waals surface area contributed by atoms with Gasteiger partial charge in [0.1, 0.15) is 10.0 Å². The predicted molar refractivity (Wildman–Crippen MR) is 75.7 cm³/mol. The number of hydrogen-bond acceptors (Lipinski definition) is 5. The number of hydrogen-bond donors (Lipinski definition) is 1. The molecule has 0 radical (unpaired) electrons. The molecule has 0 atom stereocenters. The minimum atomic E-state index is 0.848. The third kappa shape index (κ3) is 4.56. The molecule has 1 aliphatic rings. The van der Waals surface area contributed by atoms with Gasteiger partial charge in [0.25, 0.3) is 0 Å². The minimum Gasteiger partial charge on any atom is -0.310 e. The molecule has 3 nitrogen and oxygen atoms in total. The third-order valence-corrected chi connectivity index (χ3v) is 5.01. The Morgan fingerprint density at radius 2 is 2.00 bits per heavy atom. The van der Waals surface area contributed by atoms with Gasteiger partial charge in [0, 0.05) is 13.0 Å². The van der Waals surface area contributed by atoms with Gasteiger partial charge in [0.15, 0.2) is 0 Å². The Bertz CT molecular complexity index is 321. The lowest BCUT2D eigenvalue weighted by atomic mass is 9.99. The topological polar surface area (TPSA) is 37.8 Å². The summed E-state index contributed by atoms with van der Waals surface area (Å²) in [5.74, 6) is 3.50. The molecule has 0 unspecified atom stereocenters. The molecule has 1 aliphatic heterocycles. The zero-order valence-electron chi connectivity index (χ0n) is 10.4. The number of thioether (sulfide) groups is 1. The van der Waals surface area contributed by atoms with E-state index in [1.807, 2.05) is 0 Å². The van der Waals surface area contributed by atoms with Crippen LogP contribution < -0.4 is 5.32 Å². The first-order valence-electron chi connectivity index (χ1n) is 6.48. The highest BCUT2D eigenvalue weighted by atomic mass is 32.2. The van der Waals surface area contributed by atoms with Gasteiger partial charge in [0.05, 0.1) is 0 Å². The Balaban J connectivity index is 1.76. The smallest absolute Gasteiger partial charge is 0.131 e. The molecule has 0 saturated carbocycles. The summed E-state index contributed by atoms with van der Waals surface area (Å²) in [6.45, 7) is 4.13. The van der Waals surface area contributed by atoms with Gasteiger partial charge < -0.3 is 5.32 Å². The van der Waals surface area contributed by atoms with E-state index in [0.717, 1.165) is 30.4 Å². The van der Waals surface area contributed by atoms with Crippen LogP contribution in [0.5, 0.6) is 0 Å². The summed E-state index contributed by atoms with van der Waals surface area (Å²) < 4.78 is 0. The molecule has 0 spiro atoms. The van der Waals surface area contributed by atoms with E-state index in [4.69, 9.17) is 0 Å². The van der Waals surface area contributed by atoms with Gasteiger partial charge in [0.2, 0.25) is 0 Å². The molecule has 5 heteroatoms. The Morgan fingerprint density at radius 1 is 1.24 bits per heavy atom. The van der Waals surface area contributed by atoms with E-state index in [1.54, 1.807) is 11.3 Å². The van der Waals surface area contributed by atoms with Crippen molar-refractivity contribution in [2.75, 3.05) is 18.1 Å². The van der Waals surface area contributed by atoms with E-state index in [2.05, 4.69) is 34.2 Å². The van der Waals surface area contributed by atoms with Crippen LogP contribution in [0.1, 0.15) is 36.2 Å². The molecule has 1 fully saturated rings. The molecule has 1 aromatic heterocycles. The summed E-state index contributed by atoms with van der Waals surface area (Å²) in [6, 6.07) is 0. The van der Waals surface area contributed by atoms with Crippen molar-refractivity contribution in [1.82, 2.24) is 15.5 Å². The zero-order valence-corrected chi connectivity index (χ0v) is 12.1. The fraction of sp³-hybridized carbons (Fsp3) is 0.833. The molecule has 2 heterocycles. The molecule has 96 valence electrons. The first-order chi connectivity index (χ1) is 8.38. The fourth-order valence-electron chi connectivity index (χ4n) is 2.01. The summed E-state index contributed by atoms with van der Waals surface area (Å²) in [4.78, 5) is 0. The van der Waals surface area contributed by atoms with Gasteiger partial charge in [-0.2, -0.15) is 11.8 Å². The van der Waals surface area contributed by atoms with Gasteiger partial charge in [-0.1, -0.05) is 6.92 Å². The Morgan fingerprint density at radius 3 is 2.76 bits per heavy atom. The summed E-state index contributed by atoms with van der Waals surface area (Å²) >= 11 is 3.87. The standard InChI is InChI=1S/C12H21N3S2/c1-2-5-13-9-12-15-14-11(17-12)8-10-3-6-16-7-4-10/h10,13H,2-9H2,1H3. The maximum atomic E-state index is 4.31. The molecule has 0 bridgehead atoms. The molecule has 1 N–H and O–H groups in total. The normalized spacial score (nSPS) is 17.5. The number of rotatable bonds is 6. The van der Waals surface area contributed by atoms with Crippen molar-refractivity contribution < 1.29 is 0 Å². The van der Waals surface area contributed by atoms with E-state index in [-0.39, 0.29) is 0 Å². The second-order valence-corrected chi connectivity index (χ2v) is 6.90. The highest BCUT2D eigenvalue weighted by Crippen LogP contribution is 2.26. The van der Waals surface area contributed by atoms with Gasteiger partial charge in [-0.05, 0) is 43.2 Å². The molecule has 1 aromatic rings. The largest absolute Gasteiger partial charge is 0.310 e. The zero-order chi connectivity index (χ0) is 11.9. The maximum Gasteiger partial charge on any atom is 0.131 e. The number of nitrogens with zero attached hydrogens (tertiary/aromatic N) is 2. The molecular formula is C12H21N3S2. The van der Waals surface area contributed by atoms with Gasteiger partial charge in [-0.25, -0.2) is 0 Å². The van der Waals surface area contributed by atoms with E-state index in [0.29, 0.717) is 0 Å². The van der Waals surface area contributed by atoms with Crippen molar-refractivity contribution in [1.29, 1.82) is 0 Å². The second-order valence-electron chi connectivity index (χ2n) is 4.53. The highest BCUT2D eigenvalue weighted by molar-refractivity contribution is 7.99. The molecular weight excluding hydrogens is 250 g/mol. The average molecular weight is 271 g/mol. The molecule has 17 heavy (non-hydrogen) atoms. The van der Waals surface area contributed by atoms with Gasteiger partial charge in [-0.15, -0.1) is 21.5 Å². The lowest BCUT2D eigenvalue weighted by Crippen LogP contribution is -2.13. The molecule has 2 rings (SSSR count). The molecule has 1 saturated heterocycles. The second kappa shape index (κ2) is 7.34. The van der Waals surface area contributed by atoms with Gasteiger partial charge >= 0.3 is 0 Å². The lowest BCUT2D eigenvalue weighted by molar-refractivity contribution is 0.485. The van der Waals surface area contributed by atoms with Crippen LogP contribution in [0.25, 0.3) is 0 Å². The van der Waals surface area contributed by atoms with Crippen LogP contribution in [-0.2, 0) is 13.0 Å². The highest BCUT2D eigenvalue weighted by Gasteiger charge is 2.16. The van der Waals surface area contributed by atoms with E-state index in [9.17, 15) is 0 Å². The van der Waals surface area contributed by atoms with E-state index < -0.39 is 0 Å². The number of nitrogens with one attached hydrogen (secondary N) is 1. The van der Waals surface area contributed by atoms with Gasteiger partial charge in [-0.3, -0.25) is 0 Å². The van der Waals surface area contributed by atoms with Crippen LogP contribution >= 0.6 is 23.1 Å². The van der Waals surface area contributed by atoms with Crippen molar-refractivity contribution in [3.8, 4) is 0 Å². The van der Waals surface area contributed by atoms with Crippen LogP contribution in [0.15, 0.2) is 0 Å². The molecule has 0 aromatic carbocycles. The Kier molecular flexibility index (Phi) is 5.74. The maximum absolute atomic E-state index is 4.31. The number of aromatic nitrogens is 2. The lowest BCUT2D eigenvalue weighted by Gasteiger charge is -2.19. The molecule has 0 amide bonds. The quantitative estimate of drug-likeness (QED) is 0.807. The summed E-state index contributed by atoms with van der Waals surface area (Å²) in [7, 11) is 0. The monoisotopic (exact) mass is 271 g/mol. The van der Waals surface area contributed by atoms with Crippen LogP contribution in [0, 0.1) is 5.92 Å². The first kappa shape index (κ1) is 13.3. The minimum absolute atomic E-state index is 0.848. The van der Waals surface area contributed by atoms with Crippen molar-refractivity contribution in [3.05, 3.63) is 10.0 Å². The van der Waals surface area contributed by atoms with Crippen molar-refractivity contribution >= 4 is 23.1 Å². The van der Waals surface area contributed by atoms with Crippen LogP contribution in [0.3, 0.4) is 0 Å². The fourth-order valence-corrected chi connectivity index (χ4v) is 4.14. The Hall–Kier alpha value is -0.130. The Labute approximate surface area is 112 Å². The van der Waals surface area contributed by atoms with Crippen LogP contribution in [0.4, 0.5) is 0 Å². The molecule has 0 aliphatic carbocycles. The van der Waals surface area contributed by atoms with Crippen LogP contribution in [-0.4, -0.2) is 28.2 Å². The van der Waals surface area contributed by atoms with Crippen LogP contribution in [0.2, 0.25) is 0 Å². The summed E-state index contributed by atoms with van der Waals surface area (Å²) in [5, 5.41) is 14.3. The van der Waals surface area contributed by atoms with Crippen molar-refractivity contribution in [2.45, 2.75) is 39.2 Å². The predicted octanol–water partition coefficient (Wildman–Crippen LogP) is 2.72. The first-order valence-corrected chi connectivity index (χ1v) is 8.45. The SMILES string of the molecule is CCCNCc1nnc(CC2CCSCC2)s1. The average Bonchev–Trinajstić information content (AvgIpc) is 2.79. The van der Waals surface area contributed by atoms with Crippen molar-refractivity contribution in [3.63, 3.8) is 0 Å². The van der Waals surface area contributed by atoms with Crippen molar-refractivity contribution in [2.24, 2.45) is 5.92 Å². The third-order valence-electron chi connectivity index (χ3n) is 3.02. The van der Waals surface area contributed by atoms with E-state index in [1.165, 1.54) is 35.8 Å². The summed E-state index contributed by atoms with van der Waals surface area (Å²) in [5.41, 5.74) is 0.